The van der Waals surface area contributed by atoms with Gasteiger partial charge in [0.05, 0.1) is 0 Å². The van der Waals surface area contributed by atoms with Crippen LogP contribution in [0.25, 0.3) is 0 Å². The molecule has 0 atom stereocenters. The molecule has 2 aromatic rings. The van der Waals surface area contributed by atoms with Gasteiger partial charge in [0, 0.05) is 17.8 Å². The SMILES string of the molecule is CCc1cc(NS(=O)(=O)Cc2cc(C)on2)n[nH]1. The summed E-state index contributed by atoms with van der Waals surface area (Å²) in [6, 6.07) is 3.24. The average molecular weight is 270 g/mol. The summed E-state index contributed by atoms with van der Waals surface area (Å²) in [5, 5.41) is 10.2. The Labute approximate surface area is 105 Å². The van der Waals surface area contributed by atoms with Crippen molar-refractivity contribution in [1.82, 2.24) is 15.4 Å². The van der Waals surface area contributed by atoms with E-state index in [4.69, 9.17) is 4.52 Å². The Hall–Kier alpha value is -1.83. The third-order valence-corrected chi connectivity index (χ3v) is 3.48. The molecule has 2 N–H and O–H groups in total. The molecule has 0 aliphatic heterocycles. The first-order valence-corrected chi connectivity index (χ1v) is 7.10. The Morgan fingerprint density at radius 3 is 2.78 bits per heavy atom. The number of aromatic nitrogens is 3. The van der Waals surface area contributed by atoms with Gasteiger partial charge in [-0.25, -0.2) is 8.42 Å². The second-order valence-electron chi connectivity index (χ2n) is 3.92. The van der Waals surface area contributed by atoms with Crippen molar-refractivity contribution in [1.29, 1.82) is 0 Å². The predicted octanol–water partition coefficient (Wildman–Crippen LogP) is 1.21. The number of anilines is 1. The molecule has 0 amide bonds. The molecule has 8 heteroatoms. The number of aromatic amines is 1. The van der Waals surface area contributed by atoms with Crippen molar-refractivity contribution in [2.45, 2.75) is 26.0 Å². The maximum Gasteiger partial charge on any atom is 0.239 e. The molecule has 0 fully saturated rings. The molecule has 0 spiro atoms. The quantitative estimate of drug-likeness (QED) is 0.850. The minimum atomic E-state index is -3.52. The largest absolute Gasteiger partial charge is 0.361 e. The molecule has 18 heavy (non-hydrogen) atoms. The highest BCUT2D eigenvalue weighted by atomic mass is 32.2. The van der Waals surface area contributed by atoms with Crippen LogP contribution in [0.4, 0.5) is 5.82 Å². The van der Waals surface area contributed by atoms with E-state index in [1.165, 1.54) is 0 Å². The van der Waals surface area contributed by atoms with Crippen LogP contribution in [-0.4, -0.2) is 23.8 Å². The number of hydrogen-bond donors (Lipinski definition) is 2. The maximum absolute atomic E-state index is 11.8. The van der Waals surface area contributed by atoms with Gasteiger partial charge in [-0.15, -0.1) is 0 Å². The van der Waals surface area contributed by atoms with Crippen LogP contribution >= 0.6 is 0 Å². The maximum atomic E-state index is 11.8. The lowest BCUT2D eigenvalue weighted by Gasteiger charge is -2.01. The Bertz CT molecular complexity index is 629. The van der Waals surface area contributed by atoms with Crippen LogP contribution in [0.1, 0.15) is 24.1 Å². The first kappa shape index (κ1) is 12.6. The average Bonchev–Trinajstić information content (AvgIpc) is 2.86. The molecular weight excluding hydrogens is 256 g/mol. The van der Waals surface area contributed by atoms with Crippen LogP contribution < -0.4 is 4.72 Å². The van der Waals surface area contributed by atoms with Crippen LogP contribution in [0.15, 0.2) is 16.7 Å². The summed E-state index contributed by atoms with van der Waals surface area (Å²) in [4.78, 5) is 0. The molecule has 0 aliphatic rings. The summed E-state index contributed by atoms with van der Waals surface area (Å²) in [5.41, 5.74) is 1.23. The van der Waals surface area contributed by atoms with Crippen LogP contribution in [0.2, 0.25) is 0 Å². The fraction of sp³-hybridized carbons (Fsp3) is 0.400. The summed E-state index contributed by atoms with van der Waals surface area (Å²) in [6.45, 7) is 3.65. The van der Waals surface area contributed by atoms with Gasteiger partial charge in [-0.1, -0.05) is 12.1 Å². The lowest BCUT2D eigenvalue weighted by molar-refractivity contribution is 0.392. The predicted molar refractivity (Wildman–Crippen MR) is 65.5 cm³/mol. The minimum Gasteiger partial charge on any atom is -0.361 e. The molecule has 0 unspecified atom stereocenters. The third-order valence-electron chi connectivity index (χ3n) is 2.29. The molecule has 0 aliphatic carbocycles. The second-order valence-corrected chi connectivity index (χ2v) is 5.64. The lowest BCUT2D eigenvalue weighted by atomic mass is 10.3. The van der Waals surface area contributed by atoms with Crippen molar-refractivity contribution in [3.63, 3.8) is 0 Å². The van der Waals surface area contributed by atoms with Gasteiger partial charge in [0.2, 0.25) is 10.0 Å². The van der Waals surface area contributed by atoms with Gasteiger partial charge in [-0.3, -0.25) is 9.82 Å². The normalized spacial score (nSPS) is 11.7. The summed E-state index contributed by atoms with van der Waals surface area (Å²) < 4.78 is 30.9. The first-order chi connectivity index (χ1) is 8.48. The number of aryl methyl sites for hydroxylation is 2. The van der Waals surface area contributed by atoms with Crippen LogP contribution in [0, 0.1) is 6.92 Å². The zero-order valence-electron chi connectivity index (χ0n) is 10.1. The summed E-state index contributed by atoms with van der Waals surface area (Å²) >= 11 is 0. The Kier molecular flexibility index (Phi) is 3.37. The molecule has 7 nitrogen and oxygen atoms in total. The molecule has 0 bridgehead atoms. The smallest absolute Gasteiger partial charge is 0.239 e. The number of hydrogen-bond acceptors (Lipinski definition) is 5. The van der Waals surface area contributed by atoms with E-state index in [1.807, 2.05) is 6.92 Å². The lowest BCUT2D eigenvalue weighted by Crippen LogP contribution is -2.15. The van der Waals surface area contributed by atoms with Gasteiger partial charge in [0.25, 0.3) is 0 Å². The van der Waals surface area contributed by atoms with Gasteiger partial charge in [0.1, 0.15) is 17.2 Å². The number of rotatable bonds is 5. The van der Waals surface area contributed by atoms with E-state index in [9.17, 15) is 8.42 Å². The molecule has 0 radical (unpaired) electrons. The second kappa shape index (κ2) is 4.81. The summed E-state index contributed by atoms with van der Waals surface area (Å²) in [5.74, 6) is 0.624. The van der Waals surface area contributed by atoms with Gasteiger partial charge in [-0.2, -0.15) is 5.10 Å². The van der Waals surface area contributed by atoms with Gasteiger partial charge in [0.15, 0.2) is 5.82 Å². The zero-order valence-corrected chi connectivity index (χ0v) is 10.9. The summed E-state index contributed by atoms with van der Waals surface area (Å²) in [7, 11) is -3.52. The van der Waals surface area contributed by atoms with E-state index in [1.54, 1.807) is 19.1 Å². The number of nitrogens with zero attached hydrogens (tertiary/aromatic N) is 2. The van der Waals surface area contributed by atoms with Crippen molar-refractivity contribution in [3.05, 3.63) is 29.3 Å². The fourth-order valence-corrected chi connectivity index (χ4v) is 2.49. The summed E-state index contributed by atoms with van der Waals surface area (Å²) in [6.07, 6.45) is 0.761. The molecule has 2 rings (SSSR count). The van der Waals surface area contributed by atoms with Crippen molar-refractivity contribution in [2.24, 2.45) is 0 Å². The number of nitrogens with one attached hydrogen (secondary N) is 2. The molecular formula is C10H14N4O3S. The monoisotopic (exact) mass is 270 g/mol. The molecule has 98 valence electrons. The van der Waals surface area contributed by atoms with E-state index in [2.05, 4.69) is 20.1 Å². The topological polar surface area (TPSA) is 101 Å². The van der Waals surface area contributed by atoms with Crippen molar-refractivity contribution >= 4 is 15.8 Å². The Morgan fingerprint density at radius 1 is 1.44 bits per heavy atom. The van der Waals surface area contributed by atoms with E-state index in [-0.39, 0.29) is 11.6 Å². The zero-order chi connectivity index (χ0) is 13.2. The first-order valence-electron chi connectivity index (χ1n) is 5.45. The van der Waals surface area contributed by atoms with Crippen molar-refractivity contribution in [2.75, 3.05) is 4.72 Å². The molecule has 2 heterocycles. The van der Waals surface area contributed by atoms with Crippen molar-refractivity contribution < 1.29 is 12.9 Å². The molecule has 0 saturated carbocycles. The standard InChI is InChI=1S/C10H14N4O3S/c1-3-8-5-10(12-11-8)14-18(15,16)6-9-4-7(2)17-13-9/h4-5H,3,6H2,1-2H3,(H2,11,12,14). The highest BCUT2D eigenvalue weighted by molar-refractivity contribution is 7.91. The fourth-order valence-electron chi connectivity index (χ4n) is 1.47. The Morgan fingerprint density at radius 2 is 2.22 bits per heavy atom. The van der Waals surface area contributed by atoms with Crippen LogP contribution in [0.3, 0.4) is 0 Å². The highest BCUT2D eigenvalue weighted by Crippen LogP contribution is 2.12. The third kappa shape index (κ3) is 3.10. The van der Waals surface area contributed by atoms with Gasteiger partial charge < -0.3 is 4.52 Å². The molecule has 0 saturated heterocycles. The molecule has 0 aromatic carbocycles. The number of H-pyrrole nitrogens is 1. The molecule has 2 aromatic heterocycles. The highest BCUT2D eigenvalue weighted by Gasteiger charge is 2.16. The van der Waals surface area contributed by atoms with E-state index in [0.29, 0.717) is 11.5 Å². The van der Waals surface area contributed by atoms with Gasteiger partial charge >= 0.3 is 0 Å². The van der Waals surface area contributed by atoms with Gasteiger partial charge in [-0.05, 0) is 13.3 Å². The van der Waals surface area contributed by atoms with Crippen molar-refractivity contribution in [3.8, 4) is 0 Å². The van der Waals surface area contributed by atoms with Crippen LogP contribution in [-0.2, 0) is 22.2 Å². The van der Waals surface area contributed by atoms with E-state index in [0.717, 1.165) is 12.1 Å². The van der Waals surface area contributed by atoms with E-state index < -0.39 is 10.0 Å². The number of sulfonamides is 1. The van der Waals surface area contributed by atoms with Crippen LogP contribution in [0.5, 0.6) is 0 Å². The Balaban J connectivity index is 2.07. The van der Waals surface area contributed by atoms with E-state index >= 15 is 0 Å². The minimum absolute atomic E-state index is 0.237.